The number of anilines is 1. The van der Waals surface area contributed by atoms with E-state index in [4.69, 9.17) is 4.74 Å². The summed E-state index contributed by atoms with van der Waals surface area (Å²) in [5.74, 6) is 0.493. The normalized spacial score (nSPS) is 14.7. The molecule has 0 radical (unpaired) electrons. The van der Waals surface area contributed by atoms with Gasteiger partial charge in [-0.15, -0.1) is 0 Å². The lowest BCUT2D eigenvalue weighted by Gasteiger charge is -2.34. The Morgan fingerprint density at radius 1 is 1.00 bits per heavy atom. The van der Waals surface area contributed by atoms with E-state index in [2.05, 4.69) is 17.1 Å². The summed E-state index contributed by atoms with van der Waals surface area (Å²) in [5, 5.41) is 2.87. The van der Waals surface area contributed by atoms with Crippen molar-refractivity contribution < 1.29 is 14.3 Å². The topological polar surface area (TPSA) is 61.9 Å². The quantitative estimate of drug-likeness (QED) is 0.813. The zero-order valence-corrected chi connectivity index (χ0v) is 17.4. The van der Waals surface area contributed by atoms with Gasteiger partial charge in [-0.05, 0) is 62.9 Å². The number of rotatable bonds is 6. The van der Waals surface area contributed by atoms with Crippen LogP contribution in [0.5, 0.6) is 5.75 Å². The summed E-state index contributed by atoms with van der Waals surface area (Å²) in [7, 11) is 0. The lowest BCUT2D eigenvalue weighted by molar-refractivity contribution is 0.0643. The van der Waals surface area contributed by atoms with Crippen LogP contribution < -0.4 is 10.1 Å². The Balaban J connectivity index is 1.64. The summed E-state index contributed by atoms with van der Waals surface area (Å²) in [4.78, 5) is 29.6. The molecule has 29 heavy (non-hydrogen) atoms. The van der Waals surface area contributed by atoms with E-state index < -0.39 is 0 Å². The zero-order chi connectivity index (χ0) is 20.8. The fourth-order valence-corrected chi connectivity index (χ4v) is 3.34. The van der Waals surface area contributed by atoms with Crippen LogP contribution in [0.4, 0.5) is 5.69 Å². The standard InChI is InChI=1S/C23H29N3O3/c1-4-25-12-14-26(15-13-25)23(28)19-7-5-6-18(16-19)22(27)24-20-8-10-21(11-9-20)29-17(2)3/h5-11,16-17H,4,12-15H2,1-3H3,(H,24,27). The van der Waals surface area contributed by atoms with Crippen LogP contribution in [0.15, 0.2) is 48.5 Å². The van der Waals surface area contributed by atoms with Crippen LogP contribution in [-0.4, -0.2) is 60.4 Å². The van der Waals surface area contributed by atoms with Gasteiger partial charge in [0.15, 0.2) is 0 Å². The van der Waals surface area contributed by atoms with Crippen molar-refractivity contribution in [3.8, 4) is 5.75 Å². The van der Waals surface area contributed by atoms with Gasteiger partial charge in [0.1, 0.15) is 5.75 Å². The van der Waals surface area contributed by atoms with Crippen molar-refractivity contribution in [1.82, 2.24) is 9.80 Å². The summed E-state index contributed by atoms with van der Waals surface area (Å²) in [5.41, 5.74) is 1.69. The lowest BCUT2D eigenvalue weighted by Crippen LogP contribution is -2.48. The van der Waals surface area contributed by atoms with E-state index in [1.54, 1.807) is 36.4 Å². The summed E-state index contributed by atoms with van der Waals surface area (Å²) >= 11 is 0. The number of carbonyl (C=O) groups excluding carboxylic acids is 2. The van der Waals surface area contributed by atoms with Crippen LogP contribution in [0.25, 0.3) is 0 Å². The largest absolute Gasteiger partial charge is 0.491 e. The van der Waals surface area contributed by atoms with Crippen molar-refractivity contribution in [3.05, 3.63) is 59.7 Å². The van der Waals surface area contributed by atoms with E-state index >= 15 is 0 Å². The number of nitrogens with one attached hydrogen (secondary N) is 1. The SMILES string of the molecule is CCN1CCN(C(=O)c2cccc(C(=O)Nc3ccc(OC(C)C)cc3)c2)CC1. The smallest absolute Gasteiger partial charge is 0.255 e. The number of amides is 2. The van der Waals surface area contributed by atoms with Crippen LogP contribution in [-0.2, 0) is 0 Å². The first kappa shape index (κ1) is 20.9. The Kier molecular flexibility index (Phi) is 6.88. The second kappa shape index (κ2) is 9.56. The fourth-order valence-electron chi connectivity index (χ4n) is 3.34. The van der Waals surface area contributed by atoms with E-state index in [1.165, 1.54) is 0 Å². The van der Waals surface area contributed by atoms with Gasteiger partial charge in [-0.3, -0.25) is 9.59 Å². The molecule has 2 aromatic carbocycles. The van der Waals surface area contributed by atoms with Crippen molar-refractivity contribution in [2.45, 2.75) is 26.9 Å². The number of carbonyl (C=O) groups is 2. The van der Waals surface area contributed by atoms with Gasteiger partial charge >= 0.3 is 0 Å². The number of hydrogen-bond donors (Lipinski definition) is 1. The van der Waals surface area contributed by atoms with Crippen LogP contribution >= 0.6 is 0 Å². The number of benzene rings is 2. The van der Waals surface area contributed by atoms with Crippen molar-refractivity contribution in [2.75, 3.05) is 38.0 Å². The fraction of sp³-hybridized carbons (Fsp3) is 0.391. The molecule has 6 nitrogen and oxygen atoms in total. The average molecular weight is 396 g/mol. The van der Waals surface area contributed by atoms with E-state index in [1.807, 2.05) is 30.9 Å². The first-order valence-corrected chi connectivity index (χ1v) is 10.2. The highest BCUT2D eigenvalue weighted by Crippen LogP contribution is 2.18. The van der Waals surface area contributed by atoms with Gasteiger partial charge in [0.2, 0.25) is 0 Å². The third-order valence-electron chi connectivity index (χ3n) is 4.96. The molecule has 1 heterocycles. The van der Waals surface area contributed by atoms with Crippen molar-refractivity contribution in [1.29, 1.82) is 0 Å². The first-order chi connectivity index (χ1) is 14.0. The third kappa shape index (κ3) is 5.57. The molecule has 6 heteroatoms. The zero-order valence-electron chi connectivity index (χ0n) is 17.4. The molecule has 3 rings (SSSR count). The number of piperazine rings is 1. The first-order valence-electron chi connectivity index (χ1n) is 10.2. The number of nitrogens with zero attached hydrogens (tertiary/aromatic N) is 2. The molecule has 1 saturated heterocycles. The molecular formula is C23H29N3O3. The van der Waals surface area contributed by atoms with E-state index in [-0.39, 0.29) is 17.9 Å². The summed E-state index contributed by atoms with van der Waals surface area (Å²) < 4.78 is 5.61. The maximum absolute atomic E-state index is 12.8. The maximum atomic E-state index is 12.8. The molecule has 0 spiro atoms. The van der Waals surface area contributed by atoms with Gasteiger partial charge in [-0.1, -0.05) is 13.0 Å². The summed E-state index contributed by atoms with van der Waals surface area (Å²) in [6.45, 7) is 10.3. The minimum absolute atomic E-state index is 0.0226. The Labute approximate surface area is 172 Å². The number of likely N-dealkylation sites (N-methyl/N-ethyl adjacent to an activating group) is 1. The third-order valence-corrected chi connectivity index (χ3v) is 4.96. The van der Waals surface area contributed by atoms with Gasteiger partial charge in [0.05, 0.1) is 6.10 Å². The van der Waals surface area contributed by atoms with Gasteiger partial charge in [0.25, 0.3) is 11.8 Å². The second-order valence-electron chi connectivity index (χ2n) is 7.45. The van der Waals surface area contributed by atoms with Crippen molar-refractivity contribution >= 4 is 17.5 Å². The second-order valence-corrected chi connectivity index (χ2v) is 7.45. The molecule has 0 atom stereocenters. The van der Waals surface area contributed by atoms with E-state index in [0.717, 1.165) is 25.4 Å². The summed E-state index contributed by atoms with van der Waals surface area (Å²) in [6, 6.07) is 14.2. The van der Waals surface area contributed by atoms with Gasteiger partial charge in [-0.25, -0.2) is 0 Å². The predicted octanol–water partition coefficient (Wildman–Crippen LogP) is 3.50. The van der Waals surface area contributed by atoms with Crippen LogP contribution in [0, 0.1) is 0 Å². The van der Waals surface area contributed by atoms with E-state index in [9.17, 15) is 9.59 Å². The van der Waals surface area contributed by atoms with E-state index in [0.29, 0.717) is 29.9 Å². The highest BCUT2D eigenvalue weighted by Gasteiger charge is 2.22. The van der Waals surface area contributed by atoms with Crippen LogP contribution in [0.1, 0.15) is 41.5 Å². The molecule has 154 valence electrons. The molecule has 0 aliphatic carbocycles. The van der Waals surface area contributed by atoms with Crippen molar-refractivity contribution in [3.63, 3.8) is 0 Å². The van der Waals surface area contributed by atoms with Crippen LogP contribution in [0.3, 0.4) is 0 Å². The minimum Gasteiger partial charge on any atom is -0.491 e. The predicted molar refractivity (Wildman–Crippen MR) is 115 cm³/mol. The maximum Gasteiger partial charge on any atom is 0.255 e. The van der Waals surface area contributed by atoms with Crippen LogP contribution in [0.2, 0.25) is 0 Å². The Hall–Kier alpha value is -2.86. The number of hydrogen-bond acceptors (Lipinski definition) is 4. The molecule has 1 aliphatic rings. The Morgan fingerprint density at radius 2 is 1.66 bits per heavy atom. The highest BCUT2D eigenvalue weighted by atomic mass is 16.5. The van der Waals surface area contributed by atoms with Gasteiger partial charge in [0, 0.05) is 43.0 Å². The van der Waals surface area contributed by atoms with Gasteiger partial charge in [-0.2, -0.15) is 0 Å². The molecule has 0 saturated carbocycles. The number of ether oxygens (including phenoxy) is 1. The molecule has 2 amide bonds. The molecular weight excluding hydrogens is 366 g/mol. The highest BCUT2D eigenvalue weighted by molar-refractivity contribution is 6.06. The molecule has 1 aliphatic heterocycles. The monoisotopic (exact) mass is 395 g/mol. The molecule has 1 N–H and O–H groups in total. The molecule has 1 fully saturated rings. The van der Waals surface area contributed by atoms with Gasteiger partial charge < -0.3 is 19.9 Å². The molecule has 0 unspecified atom stereocenters. The molecule has 2 aromatic rings. The summed E-state index contributed by atoms with van der Waals surface area (Å²) in [6.07, 6.45) is 0.0978. The Morgan fingerprint density at radius 3 is 2.28 bits per heavy atom. The molecule has 0 aromatic heterocycles. The van der Waals surface area contributed by atoms with Crippen molar-refractivity contribution in [2.24, 2.45) is 0 Å². The Bertz CT molecular complexity index is 841. The average Bonchev–Trinajstić information content (AvgIpc) is 2.74. The molecule has 0 bridgehead atoms. The minimum atomic E-state index is -0.243. The lowest BCUT2D eigenvalue weighted by atomic mass is 10.1.